The van der Waals surface area contributed by atoms with E-state index in [2.05, 4.69) is 30.4 Å². The molecule has 1 aromatic carbocycles. The smallest absolute Gasteiger partial charge is 0.126 e. The maximum absolute atomic E-state index is 6.14. The van der Waals surface area contributed by atoms with Crippen LogP contribution in [0.1, 0.15) is 36.8 Å². The minimum atomic E-state index is 0.740. The summed E-state index contributed by atoms with van der Waals surface area (Å²) in [7, 11) is 1.73. The Kier molecular flexibility index (Phi) is 6.34. The van der Waals surface area contributed by atoms with E-state index in [1.165, 1.54) is 36.8 Å². The molecule has 1 aliphatic carbocycles. The van der Waals surface area contributed by atoms with Crippen LogP contribution in [0.2, 0.25) is 0 Å². The fraction of sp³-hybridized carbons (Fsp3) is 0.647. The van der Waals surface area contributed by atoms with Crippen LogP contribution in [-0.2, 0) is 11.3 Å². The van der Waals surface area contributed by atoms with Crippen molar-refractivity contribution in [2.45, 2.75) is 39.2 Å². The highest BCUT2D eigenvalue weighted by Gasteiger charge is 2.16. The van der Waals surface area contributed by atoms with Crippen molar-refractivity contribution in [1.29, 1.82) is 0 Å². The van der Waals surface area contributed by atoms with Gasteiger partial charge in [-0.05, 0) is 31.2 Å². The lowest BCUT2D eigenvalue weighted by Crippen LogP contribution is -2.19. The van der Waals surface area contributed by atoms with Gasteiger partial charge in [-0.3, -0.25) is 0 Å². The van der Waals surface area contributed by atoms with Crippen molar-refractivity contribution in [2.75, 3.05) is 26.9 Å². The highest BCUT2D eigenvalue weighted by molar-refractivity contribution is 5.40. The molecule has 0 atom stereocenters. The first-order valence-electron chi connectivity index (χ1n) is 7.72. The van der Waals surface area contributed by atoms with Crippen molar-refractivity contribution >= 4 is 0 Å². The molecule has 3 nitrogen and oxygen atoms in total. The maximum Gasteiger partial charge on any atom is 0.126 e. The Labute approximate surface area is 122 Å². The molecule has 2 rings (SSSR count). The molecule has 0 aliphatic heterocycles. The number of methoxy groups -OCH3 is 1. The molecule has 3 heteroatoms. The van der Waals surface area contributed by atoms with E-state index in [9.17, 15) is 0 Å². The van der Waals surface area contributed by atoms with Gasteiger partial charge in [0.2, 0.25) is 0 Å². The van der Waals surface area contributed by atoms with Gasteiger partial charge >= 0.3 is 0 Å². The number of aryl methyl sites for hydroxylation is 1. The summed E-state index contributed by atoms with van der Waals surface area (Å²) in [6.07, 6.45) is 5.39. The molecule has 0 bridgehead atoms. The number of hydrogen-bond donors (Lipinski definition) is 1. The van der Waals surface area contributed by atoms with Gasteiger partial charge in [0.15, 0.2) is 0 Å². The molecule has 0 unspecified atom stereocenters. The molecule has 112 valence electrons. The zero-order valence-corrected chi connectivity index (χ0v) is 12.8. The molecule has 0 spiro atoms. The van der Waals surface area contributed by atoms with Gasteiger partial charge in [-0.2, -0.15) is 0 Å². The van der Waals surface area contributed by atoms with E-state index in [1.807, 2.05) is 0 Å². The quantitative estimate of drug-likeness (QED) is 0.740. The molecule has 1 aliphatic rings. The monoisotopic (exact) mass is 277 g/mol. The molecule has 0 radical (unpaired) electrons. The Balaban J connectivity index is 1.90. The lowest BCUT2D eigenvalue weighted by molar-refractivity contribution is 0.198. The zero-order chi connectivity index (χ0) is 14.2. The fourth-order valence-electron chi connectivity index (χ4n) is 2.83. The summed E-state index contributed by atoms with van der Waals surface area (Å²) in [5.74, 6) is 1.83. The number of para-hydroxylation sites is 1. The second kappa shape index (κ2) is 8.28. The standard InChI is InChI=1S/C17H27NO2/c1-14-6-5-9-16(12-18-10-11-19-2)17(14)20-13-15-7-3-4-8-15/h5-6,9,15,18H,3-4,7-8,10-13H2,1-2H3. The molecular weight excluding hydrogens is 250 g/mol. The van der Waals surface area contributed by atoms with Crippen LogP contribution in [0.15, 0.2) is 18.2 Å². The van der Waals surface area contributed by atoms with Gasteiger partial charge in [-0.15, -0.1) is 0 Å². The van der Waals surface area contributed by atoms with Gasteiger partial charge in [0.05, 0.1) is 13.2 Å². The van der Waals surface area contributed by atoms with E-state index in [1.54, 1.807) is 7.11 Å². The molecule has 1 N–H and O–H groups in total. The van der Waals surface area contributed by atoms with E-state index in [-0.39, 0.29) is 0 Å². The Hall–Kier alpha value is -1.06. The average molecular weight is 277 g/mol. The molecule has 20 heavy (non-hydrogen) atoms. The summed E-state index contributed by atoms with van der Waals surface area (Å²) in [5.41, 5.74) is 2.48. The lowest BCUT2D eigenvalue weighted by Gasteiger charge is -2.17. The Morgan fingerprint density at radius 3 is 2.80 bits per heavy atom. The van der Waals surface area contributed by atoms with Gasteiger partial charge in [-0.1, -0.05) is 31.0 Å². The van der Waals surface area contributed by atoms with Crippen molar-refractivity contribution in [3.05, 3.63) is 29.3 Å². The minimum Gasteiger partial charge on any atom is -0.493 e. The van der Waals surface area contributed by atoms with Gasteiger partial charge in [0.1, 0.15) is 5.75 Å². The zero-order valence-electron chi connectivity index (χ0n) is 12.8. The normalized spacial score (nSPS) is 15.7. The van der Waals surface area contributed by atoms with Gasteiger partial charge in [0.25, 0.3) is 0 Å². The van der Waals surface area contributed by atoms with Crippen LogP contribution >= 0.6 is 0 Å². The van der Waals surface area contributed by atoms with Crippen LogP contribution in [0.4, 0.5) is 0 Å². The van der Waals surface area contributed by atoms with Crippen LogP contribution in [-0.4, -0.2) is 26.9 Å². The Bertz CT molecular complexity index is 400. The molecule has 0 amide bonds. The van der Waals surface area contributed by atoms with Gasteiger partial charge in [-0.25, -0.2) is 0 Å². The number of ether oxygens (including phenoxy) is 2. The molecule has 0 aromatic heterocycles. The largest absolute Gasteiger partial charge is 0.493 e. The second-order valence-corrected chi connectivity index (χ2v) is 5.69. The maximum atomic E-state index is 6.14. The molecule has 1 aromatic rings. The van der Waals surface area contributed by atoms with Gasteiger partial charge < -0.3 is 14.8 Å². The summed E-state index contributed by atoms with van der Waals surface area (Å²) in [5, 5.41) is 3.39. The Morgan fingerprint density at radius 1 is 1.25 bits per heavy atom. The first-order chi connectivity index (χ1) is 9.81. The van der Waals surface area contributed by atoms with Crippen LogP contribution in [0.25, 0.3) is 0 Å². The Morgan fingerprint density at radius 2 is 2.05 bits per heavy atom. The number of nitrogens with one attached hydrogen (secondary N) is 1. The molecule has 1 saturated carbocycles. The number of hydrogen-bond acceptors (Lipinski definition) is 3. The highest BCUT2D eigenvalue weighted by Crippen LogP contribution is 2.28. The molecule has 1 fully saturated rings. The molecule has 0 saturated heterocycles. The number of rotatable bonds is 8. The van der Waals surface area contributed by atoms with Gasteiger partial charge in [0, 0.05) is 25.8 Å². The third-order valence-corrected chi connectivity index (χ3v) is 4.03. The SMILES string of the molecule is COCCNCc1cccc(C)c1OCC1CCCC1. The molecular formula is C17H27NO2. The van der Waals surface area contributed by atoms with E-state index in [0.29, 0.717) is 0 Å². The van der Waals surface area contributed by atoms with Crippen molar-refractivity contribution in [1.82, 2.24) is 5.32 Å². The predicted molar refractivity (Wildman–Crippen MR) is 82.2 cm³/mol. The first kappa shape index (κ1) is 15.3. The van der Waals surface area contributed by atoms with Crippen molar-refractivity contribution < 1.29 is 9.47 Å². The summed E-state index contributed by atoms with van der Waals surface area (Å²) in [4.78, 5) is 0. The summed E-state index contributed by atoms with van der Waals surface area (Å²) in [6, 6.07) is 6.38. The van der Waals surface area contributed by atoms with Crippen LogP contribution in [0.5, 0.6) is 5.75 Å². The van der Waals surface area contributed by atoms with E-state index in [0.717, 1.165) is 38.0 Å². The number of benzene rings is 1. The minimum absolute atomic E-state index is 0.740. The van der Waals surface area contributed by atoms with Crippen molar-refractivity contribution in [3.8, 4) is 5.75 Å². The topological polar surface area (TPSA) is 30.5 Å². The average Bonchev–Trinajstić information content (AvgIpc) is 2.96. The fourth-order valence-corrected chi connectivity index (χ4v) is 2.83. The first-order valence-corrected chi connectivity index (χ1v) is 7.72. The van der Waals surface area contributed by atoms with E-state index < -0.39 is 0 Å². The summed E-state index contributed by atoms with van der Waals surface area (Å²) >= 11 is 0. The van der Waals surface area contributed by atoms with Crippen molar-refractivity contribution in [2.24, 2.45) is 5.92 Å². The lowest BCUT2D eigenvalue weighted by atomic mass is 10.1. The highest BCUT2D eigenvalue weighted by atomic mass is 16.5. The van der Waals surface area contributed by atoms with Crippen LogP contribution < -0.4 is 10.1 Å². The summed E-state index contributed by atoms with van der Waals surface area (Å²) in [6.45, 7) is 5.44. The van der Waals surface area contributed by atoms with E-state index >= 15 is 0 Å². The predicted octanol–water partition coefficient (Wildman–Crippen LogP) is 3.30. The third-order valence-electron chi connectivity index (χ3n) is 4.03. The molecule has 0 heterocycles. The van der Waals surface area contributed by atoms with Crippen molar-refractivity contribution in [3.63, 3.8) is 0 Å². The second-order valence-electron chi connectivity index (χ2n) is 5.69. The van der Waals surface area contributed by atoms with E-state index in [4.69, 9.17) is 9.47 Å². The summed E-state index contributed by atoms with van der Waals surface area (Å²) < 4.78 is 11.2. The van der Waals surface area contributed by atoms with Crippen LogP contribution in [0.3, 0.4) is 0 Å². The van der Waals surface area contributed by atoms with Crippen LogP contribution in [0, 0.1) is 12.8 Å². The third kappa shape index (κ3) is 4.50.